The summed E-state index contributed by atoms with van der Waals surface area (Å²) in [5.74, 6) is -1.50. The van der Waals surface area contributed by atoms with Crippen LogP contribution in [0.5, 0.6) is 11.5 Å². The molecule has 0 aliphatic carbocycles. The first kappa shape index (κ1) is 71.9. The largest absolute Gasteiger partial charge is 0.533 e. The molecule has 0 saturated carbocycles. The van der Waals surface area contributed by atoms with Crippen LogP contribution >= 0.6 is 0 Å². The molecule has 6 N–H and O–H groups in total. The van der Waals surface area contributed by atoms with Crippen molar-refractivity contribution in [3.63, 3.8) is 0 Å². The Morgan fingerprint density at radius 1 is 0.424 bits per heavy atom. The summed E-state index contributed by atoms with van der Waals surface area (Å²) in [4.78, 5) is 57.5. The SMILES string of the molecule is CCC(O)C(O)C(CC(C)(C)[Si](O)(c1ccccc1)c1ccccc1)C(O)Oc1c(-c2ccc(CC(C)(C)[Si](O)(c3ccccc3)c3ccccc3)cc2)oc2cc(CC(C)(C)[Si](O)(c3ccccc3)c3ccccc3)cc(O[Si](c3ccccc3)(c3ccccc3)C(C)(C)C)c2c1=O. The molecule has 0 aliphatic heterocycles. The molecule has 11 aromatic rings. The highest BCUT2D eigenvalue weighted by Crippen LogP contribution is 2.48. The van der Waals surface area contributed by atoms with E-state index in [9.17, 15) is 29.7 Å². The van der Waals surface area contributed by atoms with E-state index in [0.717, 1.165) is 42.2 Å². The standard InChI is InChI=1S/C85H94O10Si4/c1-11-73(86)77(87)72(60-85(9,10)98(92,68-44-28-16-29-45-68)69-46-30-17-31-47-69)81(89)94-80-78(88)76-74(93-79(80)63-54-52-61(53-55-63)58-83(5,6)96(90,64-36-20-12-21-37-64)65-38-22-13-23-39-65)56-62(59-84(7,8)97(91,66-40-24-14-25-41-66)67-42-26-15-27-43-67)57-75(76)95-99(82(2,3)4,70-48-32-18-33-49-70)71-50-34-19-35-51-71/h12-57,72-73,77,81,86-87,89-92H,11,58-60H2,1-10H3. The van der Waals surface area contributed by atoms with Crippen molar-refractivity contribution in [1.29, 1.82) is 0 Å². The molecule has 14 heteroatoms. The fourth-order valence-electron chi connectivity index (χ4n) is 15.4. The highest BCUT2D eigenvalue weighted by molar-refractivity contribution is 7.01. The monoisotopic (exact) mass is 1390 g/mol. The Morgan fingerprint density at radius 2 is 0.758 bits per heavy atom. The predicted octanol–water partition coefficient (Wildman–Crippen LogP) is 11.9. The van der Waals surface area contributed by atoms with Gasteiger partial charge in [-0.25, -0.2) is 0 Å². The third kappa shape index (κ3) is 13.8. The van der Waals surface area contributed by atoms with Gasteiger partial charge in [0.25, 0.3) is 25.0 Å². The Bertz CT molecular complexity index is 4360. The van der Waals surface area contributed by atoms with Crippen molar-refractivity contribution in [2.75, 3.05) is 0 Å². The molecule has 0 aliphatic rings. The smallest absolute Gasteiger partial charge is 0.319 e. The van der Waals surface area contributed by atoms with E-state index >= 15 is 4.79 Å². The molecular weight excluding hydrogens is 1290 g/mol. The molecule has 11 rings (SSSR count). The summed E-state index contributed by atoms with van der Waals surface area (Å²) in [6.45, 7) is 20.5. The number of aliphatic hydroxyl groups excluding tert-OH is 3. The first-order chi connectivity index (χ1) is 47.2. The van der Waals surface area contributed by atoms with Crippen LogP contribution in [0.2, 0.25) is 20.2 Å². The van der Waals surface area contributed by atoms with Crippen molar-refractivity contribution in [3.05, 3.63) is 300 Å². The van der Waals surface area contributed by atoms with E-state index in [2.05, 4.69) is 72.7 Å². The summed E-state index contributed by atoms with van der Waals surface area (Å²) in [6, 6.07) is 90.3. The Kier molecular flexibility index (Phi) is 21.1. The fraction of sp³-hybridized carbons (Fsp3) is 0.259. The maximum absolute atomic E-state index is 16.9. The maximum Gasteiger partial charge on any atom is 0.319 e. The van der Waals surface area contributed by atoms with Gasteiger partial charge in [0, 0.05) is 5.56 Å². The van der Waals surface area contributed by atoms with E-state index in [0.29, 0.717) is 28.8 Å². The molecule has 1 heterocycles. The number of ether oxygens (including phenoxy) is 1. The van der Waals surface area contributed by atoms with E-state index in [1.807, 2.05) is 269 Å². The summed E-state index contributed by atoms with van der Waals surface area (Å²) in [7, 11) is -14.7. The van der Waals surface area contributed by atoms with Gasteiger partial charge < -0.3 is 43.3 Å². The summed E-state index contributed by atoms with van der Waals surface area (Å²) >= 11 is 0. The second-order valence-electron chi connectivity index (χ2n) is 29.7. The zero-order valence-corrected chi connectivity index (χ0v) is 62.5. The average Bonchev–Trinajstić information content (AvgIpc) is 0.719. The molecule has 4 atom stereocenters. The van der Waals surface area contributed by atoms with Crippen LogP contribution in [0.15, 0.2) is 288 Å². The van der Waals surface area contributed by atoms with Crippen molar-refractivity contribution in [2.45, 2.75) is 134 Å². The molecular formula is C85H94O10Si4. The quantitative estimate of drug-likeness (QED) is 0.0227. The Hall–Kier alpha value is -8.36. The van der Waals surface area contributed by atoms with Crippen molar-refractivity contribution in [1.82, 2.24) is 0 Å². The molecule has 10 nitrogen and oxygen atoms in total. The predicted molar refractivity (Wildman–Crippen MR) is 413 cm³/mol. The second-order valence-corrected chi connectivity index (χ2v) is 45.7. The van der Waals surface area contributed by atoms with Crippen LogP contribution in [-0.4, -0.2) is 81.5 Å². The van der Waals surface area contributed by atoms with Crippen molar-refractivity contribution >= 4 is 85.7 Å². The third-order valence-electron chi connectivity index (χ3n) is 20.9. The second kappa shape index (κ2) is 29.1. The number of rotatable bonds is 26. The molecule has 10 aromatic carbocycles. The molecule has 0 radical (unpaired) electrons. The van der Waals surface area contributed by atoms with Crippen LogP contribution in [0.3, 0.4) is 0 Å². The fourth-order valence-corrected chi connectivity index (χ4v) is 31.1. The van der Waals surface area contributed by atoms with Crippen molar-refractivity contribution < 1.29 is 43.3 Å². The minimum atomic E-state index is -3.86. The van der Waals surface area contributed by atoms with Crippen LogP contribution in [0.4, 0.5) is 0 Å². The van der Waals surface area contributed by atoms with E-state index < -0.39 is 83.3 Å². The summed E-state index contributed by atoms with van der Waals surface area (Å²) in [5, 5.41) is 41.1. The van der Waals surface area contributed by atoms with Crippen LogP contribution < -0.4 is 56.1 Å². The molecule has 0 spiro atoms. The molecule has 0 bridgehead atoms. The molecule has 4 unspecified atom stereocenters. The van der Waals surface area contributed by atoms with Gasteiger partial charge in [0.15, 0.2) is 5.76 Å². The van der Waals surface area contributed by atoms with Gasteiger partial charge in [-0.2, -0.15) is 0 Å². The first-order valence-corrected chi connectivity index (χ1v) is 42.2. The lowest BCUT2D eigenvalue weighted by Gasteiger charge is -2.44. The lowest BCUT2D eigenvalue weighted by molar-refractivity contribution is -0.132. The zero-order chi connectivity index (χ0) is 70.6. The van der Waals surface area contributed by atoms with Crippen LogP contribution in [-0.2, 0) is 12.8 Å². The van der Waals surface area contributed by atoms with Gasteiger partial charge in [-0.3, -0.25) is 4.79 Å². The van der Waals surface area contributed by atoms with Crippen LogP contribution in [0.1, 0.15) is 93.2 Å². The van der Waals surface area contributed by atoms with Crippen molar-refractivity contribution in [3.8, 4) is 22.8 Å². The lowest BCUT2D eigenvalue weighted by Crippen LogP contribution is -2.68. The van der Waals surface area contributed by atoms with E-state index in [1.165, 1.54) is 0 Å². The lowest BCUT2D eigenvalue weighted by atomic mass is 9.87. The summed E-state index contributed by atoms with van der Waals surface area (Å²) in [6.07, 6.45) is -4.17. The van der Waals surface area contributed by atoms with Gasteiger partial charge in [-0.05, 0) is 111 Å². The van der Waals surface area contributed by atoms with E-state index in [1.54, 1.807) is 6.92 Å². The van der Waals surface area contributed by atoms with E-state index in [-0.39, 0.29) is 41.1 Å². The maximum atomic E-state index is 16.9. The molecule has 0 amide bonds. The zero-order valence-electron chi connectivity index (χ0n) is 58.5. The number of hydrogen-bond donors (Lipinski definition) is 6. The average molecular weight is 1390 g/mol. The minimum absolute atomic E-state index is 0.0212. The van der Waals surface area contributed by atoms with Gasteiger partial charge in [-0.1, -0.05) is 336 Å². The molecule has 0 saturated heterocycles. The van der Waals surface area contributed by atoms with Crippen LogP contribution in [0, 0.1) is 5.92 Å². The van der Waals surface area contributed by atoms with Crippen LogP contribution in [0.25, 0.3) is 22.3 Å². The van der Waals surface area contributed by atoms with Gasteiger partial charge in [0.1, 0.15) is 16.7 Å². The van der Waals surface area contributed by atoms with Gasteiger partial charge in [0.2, 0.25) is 17.5 Å². The molecule has 0 fully saturated rings. The Morgan fingerprint density at radius 3 is 1.10 bits per heavy atom. The first-order valence-electron chi connectivity index (χ1n) is 34.5. The van der Waals surface area contributed by atoms with Gasteiger partial charge in [0.05, 0.1) is 18.1 Å². The number of hydrogen-bond acceptors (Lipinski definition) is 10. The molecule has 1 aromatic heterocycles. The van der Waals surface area contributed by atoms with Crippen molar-refractivity contribution in [2.24, 2.45) is 5.92 Å². The van der Waals surface area contributed by atoms with E-state index in [4.69, 9.17) is 13.6 Å². The molecule has 510 valence electrons. The number of fused-ring (bicyclic) bond motifs is 1. The minimum Gasteiger partial charge on any atom is -0.533 e. The summed E-state index contributed by atoms with van der Waals surface area (Å²) in [5.41, 5.74) is 1.54. The highest BCUT2D eigenvalue weighted by atomic mass is 28.4. The number of benzene rings is 10. The van der Waals surface area contributed by atoms with Gasteiger partial charge >= 0.3 is 8.32 Å². The topological polar surface area (TPSA) is 170 Å². The Balaban J connectivity index is 1.15. The highest BCUT2D eigenvalue weighted by Gasteiger charge is 2.56. The normalized spacial score (nSPS) is 14.1. The Labute approximate surface area is 588 Å². The number of aliphatic hydroxyl groups is 3. The van der Waals surface area contributed by atoms with Gasteiger partial charge in [-0.15, -0.1) is 0 Å². The molecule has 99 heavy (non-hydrogen) atoms. The summed E-state index contributed by atoms with van der Waals surface area (Å²) < 4.78 is 22.3. The third-order valence-corrected chi connectivity index (χ3v) is 39.2.